The van der Waals surface area contributed by atoms with Crippen LogP contribution in [0.5, 0.6) is 0 Å². The maximum Gasteiger partial charge on any atom is 0.284 e. The van der Waals surface area contributed by atoms with E-state index in [0.29, 0.717) is 17.8 Å². The van der Waals surface area contributed by atoms with Crippen molar-refractivity contribution in [2.75, 3.05) is 10.6 Å². The minimum absolute atomic E-state index is 0.0106. The second kappa shape index (κ2) is 12.2. The van der Waals surface area contributed by atoms with Gasteiger partial charge >= 0.3 is 0 Å². The van der Waals surface area contributed by atoms with Crippen LogP contribution in [0.25, 0.3) is 0 Å². The summed E-state index contributed by atoms with van der Waals surface area (Å²) in [5, 5.41) is 5.85. The number of sulfonamides is 1. The zero-order valence-electron chi connectivity index (χ0n) is 20.8. The van der Waals surface area contributed by atoms with Gasteiger partial charge in [-0.05, 0) is 63.1 Å². The molecule has 0 atom stereocenters. The second-order valence-corrected chi connectivity index (χ2v) is 10.1. The first-order chi connectivity index (χ1) is 17.2. The van der Waals surface area contributed by atoms with Crippen LogP contribution in [0.2, 0.25) is 0 Å². The predicted octanol–water partition coefficient (Wildman–Crippen LogP) is 5.54. The normalized spacial score (nSPS) is 12.6. The van der Waals surface area contributed by atoms with Gasteiger partial charge in [-0.1, -0.05) is 66.9 Å². The fourth-order valence-electron chi connectivity index (χ4n) is 3.40. The molecule has 0 saturated heterocycles. The Bertz CT molecular complexity index is 1350. The number of benzene rings is 3. The number of para-hydroxylation sites is 1. The van der Waals surface area contributed by atoms with Gasteiger partial charge < -0.3 is 16.4 Å². The topological polar surface area (TPSA) is 114 Å². The summed E-state index contributed by atoms with van der Waals surface area (Å²) in [5.41, 5.74) is 9.75. The maximum atomic E-state index is 13.5. The van der Waals surface area contributed by atoms with Crippen molar-refractivity contribution < 1.29 is 13.2 Å². The lowest BCUT2D eigenvalue weighted by Crippen LogP contribution is -2.30. The van der Waals surface area contributed by atoms with Crippen LogP contribution in [0.1, 0.15) is 37.3 Å². The lowest BCUT2D eigenvalue weighted by atomic mass is 10.1. The molecule has 0 aliphatic rings. The Morgan fingerprint density at radius 3 is 1.97 bits per heavy atom. The Morgan fingerprint density at radius 1 is 0.833 bits per heavy atom. The maximum absolute atomic E-state index is 13.5. The molecule has 0 radical (unpaired) electrons. The molecule has 0 heterocycles. The first kappa shape index (κ1) is 26.7. The number of rotatable bonds is 9. The largest absolute Gasteiger partial charge is 0.401 e. The van der Waals surface area contributed by atoms with Gasteiger partial charge in [0.15, 0.2) is 5.84 Å². The molecule has 0 fully saturated rings. The summed E-state index contributed by atoms with van der Waals surface area (Å²) in [6, 6.07) is 22.6. The highest BCUT2D eigenvalue weighted by Gasteiger charge is 2.24. The molecule has 0 unspecified atom stereocenters. The van der Waals surface area contributed by atoms with Gasteiger partial charge in [-0.3, -0.25) is 4.79 Å². The number of carbonyl (C=O) groups excluding carboxylic acids is 1. The van der Waals surface area contributed by atoms with E-state index in [1.807, 2.05) is 39.0 Å². The molecule has 0 aliphatic heterocycles. The smallest absolute Gasteiger partial charge is 0.284 e. The Morgan fingerprint density at radius 2 is 1.39 bits per heavy atom. The third-order valence-electron chi connectivity index (χ3n) is 5.46. The van der Waals surface area contributed by atoms with Crippen LogP contribution in [0, 0.1) is 13.8 Å². The van der Waals surface area contributed by atoms with E-state index in [0.717, 1.165) is 24.0 Å². The van der Waals surface area contributed by atoms with E-state index in [1.165, 1.54) is 12.1 Å². The number of allylic oxidation sites excluding steroid dienone is 1. The van der Waals surface area contributed by atoms with Crippen molar-refractivity contribution in [1.29, 1.82) is 0 Å². The van der Waals surface area contributed by atoms with Crippen LogP contribution in [0.3, 0.4) is 0 Å². The number of amidine groups is 1. The van der Waals surface area contributed by atoms with E-state index in [-0.39, 0.29) is 22.0 Å². The Hall–Kier alpha value is -3.91. The number of anilines is 2. The molecule has 7 nitrogen and oxygen atoms in total. The molecular formula is C28H32N4O3S. The molecule has 3 aromatic carbocycles. The Kier molecular flexibility index (Phi) is 9.02. The minimum Gasteiger partial charge on any atom is -0.401 e. The van der Waals surface area contributed by atoms with E-state index in [2.05, 4.69) is 15.0 Å². The third kappa shape index (κ3) is 7.29. The summed E-state index contributed by atoms with van der Waals surface area (Å²) >= 11 is 0. The van der Waals surface area contributed by atoms with Gasteiger partial charge in [0, 0.05) is 17.1 Å². The number of aryl methyl sites for hydroxylation is 2. The number of unbranched alkanes of at least 4 members (excludes halogenated alkanes) is 1. The number of nitrogens with two attached hydrogens (primary N) is 1. The molecular weight excluding hydrogens is 472 g/mol. The quantitative estimate of drug-likeness (QED) is 0.201. The summed E-state index contributed by atoms with van der Waals surface area (Å²) in [6.45, 7) is 5.83. The fourth-order valence-corrected chi connectivity index (χ4v) is 4.36. The zero-order valence-corrected chi connectivity index (χ0v) is 21.6. The minimum atomic E-state index is -4.15. The average molecular weight is 505 g/mol. The SMILES string of the molecule is CCCC/C(N)=C(C(=O)Nc1ccc(C)cc1)\C(=N/S(=O)(=O)c1ccc(C)cc1)Nc1ccccc1. The highest BCUT2D eigenvalue weighted by Crippen LogP contribution is 2.20. The highest BCUT2D eigenvalue weighted by molar-refractivity contribution is 7.90. The van der Waals surface area contributed by atoms with Crippen LogP contribution in [-0.4, -0.2) is 20.2 Å². The Labute approximate surface area is 213 Å². The molecule has 8 heteroatoms. The fraction of sp³-hybridized carbons (Fsp3) is 0.214. The van der Waals surface area contributed by atoms with Crippen molar-refractivity contribution in [3.8, 4) is 0 Å². The van der Waals surface area contributed by atoms with Crippen LogP contribution in [-0.2, 0) is 14.8 Å². The molecule has 3 aromatic rings. The van der Waals surface area contributed by atoms with Gasteiger partial charge in [0.2, 0.25) is 0 Å². The molecule has 0 bridgehead atoms. The number of hydrogen-bond donors (Lipinski definition) is 3. The predicted molar refractivity (Wildman–Crippen MR) is 146 cm³/mol. The first-order valence-electron chi connectivity index (χ1n) is 11.8. The first-order valence-corrected chi connectivity index (χ1v) is 13.2. The van der Waals surface area contributed by atoms with Crippen molar-refractivity contribution in [1.82, 2.24) is 0 Å². The van der Waals surface area contributed by atoms with Gasteiger partial charge in [0.05, 0.1) is 4.90 Å². The van der Waals surface area contributed by atoms with Crippen LogP contribution in [0.15, 0.2) is 99.4 Å². The number of amides is 1. The monoisotopic (exact) mass is 504 g/mol. The summed E-state index contributed by atoms with van der Waals surface area (Å²) in [7, 11) is -4.15. The molecule has 188 valence electrons. The second-order valence-electron chi connectivity index (χ2n) is 8.54. The van der Waals surface area contributed by atoms with Gasteiger partial charge in [-0.2, -0.15) is 8.42 Å². The molecule has 0 saturated carbocycles. The number of hydrogen-bond acceptors (Lipinski definition) is 4. The van der Waals surface area contributed by atoms with Crippen LogP contribution in [0.4, 0.5) is 11.4 Å². The summed E-state index contributed by atoms with van der Waals surface area (Å²) in [4.78, 5) is 13.6. The standard InChI is InChI=1S/C28H32N4O3S/c1-4-5-11-25(29)26(28(33)31-23-16-12-20(2)13-17-23)27(30-22-9-7-6-8-10-22)32-36(34,35)24-18-14-21(3)15-19-24/h6-10,12-19H,4-5,11,29H2,1-3H3,(H,30,32)(H,31,33)/b26-25-. The number of nitrogens with one attached hydrogen (secondary N) is 2. The molecule has 36 heavy (non-hydrogen) atoms. The van der Waals surface area contributed by atoms with Crippen molar-refractivity contribution in [3.05, 3.63) is 101 Å². The van der Waals surface area contributed by atoms with Gasteiger partial charge in [0.25, 0.3) is 15.9 Å². The highest BCUT2D eigenvalue weighted by atomic mass is 32.2. The number of nitrogens with zero attached hydrogens (tertiary/aromatic N) is 1. The van der Waals surface area contributed by atoms with Gasteiger partial charge in [0.1, 0.15) is 5.57 Å². The van der Waals surface area contributed by atoms with E-state index in [4.69, 9.17) is 5.73 Å². The van der Waals surface area contributed by atoms with Crippen LogP contribution >= 0.6 is 0 Å². The molecule has 4 N–H and O–H groups in total. The molecule has 0 spiro atoms. The van der Waals surface area contributed by atoms with Gasteiger partial charge in [-0.15, -0.1) is 4.40 Å². The van der Waals surface area contributed by atoms with E-state index >= 15 is 0 Å². The lowest BCUT2D eigenvalue weighted by molar-refractivity contribution is -0.112. The summed E-state index contributed by atoms with van der Waals surface area (Å²) in [5.74, 6) is -0.686. The van der Waals surface area contributed by atoms with E-state index in [9.17, 15) is 13.2 Å². The van der Waals surface area contributed by atoms with Crippen molar-refractivity contribution in [2.45, 2.75) is 44.9 Å². The van der Waals surface area contributed by atoms with Gasteiger partial charge in [-0.25, -0.2) is 0 Å². The van der Waals surface area contributed by atoms with Crippen molar-refractivity contribution in [2.24, 2.45) is 10.1 Å². The zero-order chi connectivity index (χ0) is 26.1. The van der Waals surface area contributed by atoms with Crippen molar-refractivity contribution in [3.63, 3.8) is 0 Å². The molecule has 1 amide bonds. The number of carbonyl (C=O) groups is 1. The van der Waals surface area contributed by atoms with Crippen LogP contribution < -0.4 is 16.4 Å². The van der Waals surface area contributed by atoms with E-state index in [1.54, 1.807) is 48.5 Å². The summed E-state index contributed by atoms with van der Waals surface area (Å²) in [6.07, 6.45) is 2.00. The third-order valence-corrected chi connectivity index (χ3v) is 6.75. The Balaban J connectivity index is 2.13. The van der Waals surface area contributed by atoms with Crippen molar-refractivity contribution >= 4 is 33.1 Å². The molecule has 3 rings (SSSR count). The summed E-state index contributed by atoms with van der Waals surface area (Å²) < 4.78 is 30.7. The lowest BCUT2D eigenvalue weighted by Gasteiger charge is -2.17. The molecule has 0 aromatic heterocycles. The molecule has 0 aliphatic carbocycles. The van der Waals surface area contributed by atoms with E-state index < -0.39 is 15.9 Å². The average Bonchev–Trinajstić information content (AvgIpc) is 2.85.